The summed E-state index contributed by atoms with van der Waals surface area (Å²) >= 11 is 0. The van der Waals surface area contributed by atoms with Crippen LogP contribution in [0.2, 0.25) is 0 Å². The van der Waals surface area contributed by atoms with Crippen molar-refractivity contribution in [2.45, 2.75) is 6.92 Å². The van der Waals surface area contributed by atoms with Crippen LogP contribution < -0.4 is 9.64 Å². The summed E-state index contributed by atoms with van der Waals surface area (Å²) in [5.74, 6) is 0.682. The lowest BCUT2D eigenvalue weighted by Gasteiger charge is -2.18. The highest BCUT2D eigenvalue weighted by molar-refractivity contribution is 5.53. The summed E-state index contributed by atoms with van der Waals surface area (Å²) in [5.41, 5.74) is 1.03. The van der Waals surface area contributed by atoms with Crippen LogP contribution in [0, 0.1) is 0 Å². The molecule has 0 fully saturated rings. The second kappa shape index (κ2) is 3.95. The number of hydrogen-bond acceptors (Lipinski definition) is 3. The van der Waals surface area contributed by atoms with Gasteiger partial charge in [-0.15, -0.1) is 0 Å². The van der Waals surface area contributed by atoms with Crippen LogP contribution in [0.15, 0.2) is 18.3 Å². The Morgan fingerprint density at radius 1 is 1.58 bits per heavy atom. The summed E-state index contributed by atoms with van der Waals surface area (Å²) in [7, 11) is 3.65. The Balaban J connectivity index is 2.96. The number of ether oxygens (including phenoxy) is 1. The van der Waals surface area contributed by atoms with Gasteiger partial charge in [-0.25, -0.2) is 4.98 Å². The fourth-order valence-electron chi connectivity index (χ4n) is 1.00. The molecule has 1 rings (SSSR count). The van der Waals surface area contributed by atoms with Crippen molar-refractivity contribution in [2.75, 3.05) is 25.6 Å². The molecular weight excluding hydrogens is 152 g/mol. The van der Waals surface area contributed by atoms with Crippen molar-refractivity contribution >= 4 is 5.69 Å². The van der Waals surface area contributed by atoms with Crippen LogP contribution in [0.3, 0.4) is 0 Å². The summed E-state index contributed by atoms with van der Waals surface area (Å²) in [6.45, 7) is 3.04. The smallest absolute Gasteiger partial charge is 0.237 e. The van der Waals surface area contributed by atoms with E-state index in [1.807, 2.05) is 19.2 Å². The van der Waals surface area contributed by atoms with Gasteiger partial charge in [-0.3, -0.25) is 0 Å². The first-order chi connectivity index (χ1) is 5.79. The normalized spacial score (nSPS) is 9.58. The van der Waals surface area contributed by atoms with Crippen LogP contribution in [-0.2, 0) is 0 Å². The van der Waals surface area contributed by atoms with Crippen molar-refractivity contribution in [2.24, 2.45) is 0 Å². The van der Waals surface area contributed by atoms with Crippen LogP contribution in [-0.4, -0.2) is 25.7 Å². The van der Waals surface area contributed by atoms with Crippen LogP contribution in [0.25, 0.3) is 0 Å². The van der Waals surface area contributed by atoms with E-state index in [9.17, 15) is 0 Å². The number of pyridine rings is 1. The maximum Gasteiger partial charge on any atom is 0.237 e. The maximum absolute atomic E-state index is 5.12. The fourth-order valence-corrected chi connectivity index (χ4v) is 1.00. The molecule has 0 radical (unpaired) electrons. The minimum absolute atomic E-state index is 0.682. The van der Waals surface area contributed by atoms with Gasteiger partial charge in [0.25, 0.3) is 0 Å². The Labute approximate surface area is 73.0 Å². The van der Waals surface area contributed by atoms with Crippen molar-refractivity contribution in [1.29, 1.82) is 0 Å². The average molecular weight is 166 g/mol. The van der Waals surface area contributed by atoms with Gasteiger partial charge in [-0.05, 0) is 19.1 Å². The molecule has 1 aromatic heterocycles. The Morgan fingerprint density at radius 3 is 2.92 bits per heavy atom. The number of methoxy groups -OCH3 is 1. The van der Waals surface area contributed by atoms with Crippen molar-refractivity contribution in [3.8, 4) is 5.88 Å². The van der Waals surface area contributed by atoms with E-state index in [1.54, 1.807) is 13.3 Å². The third kappa shape index (κ3) is 1.67. The zero-order chi connectivity index (χ0) is 8.97. The van der Waals surface area contributed by atoms with E-state index in [4.69, 9.17) is 4.74 Å². The highest BCUT2D eigenvalue weighted by atomic mass is 16.5. The Bertz CT molecular complexity index is 250. The van der Waals surface area contributed by atoms with Gasteiger partial charge in [-0.1, -0.05) is 0 Å². The molecule has 0 aliphatic carbocycles. The van der Waals surface area contributed by atoms with E-state index in [0.29, 0.717) is 5.88 Å². The number of nitrogens with zero attached hydrogens (tertiary/aromatic N) is 2. The minimum Gasteiger partial charge on any atom is -0.480 e. The lowest BCUT2D eigenvalue weighted by Crippen LogP contribution is -2.16. The summed E-state index contributed by atoms with van der Waals surface area (Å²) in [5, 5.41) is 0. The molecule has 0 N–H and O–H groups in total. The highest BCUT2D eigenvalue weighted by Crippen LogP contribution is 2.22. The SMILES string of the molecule is CCN(C)c1cccnc1OC. The molecule has 0 saturated heterocycles. The largest absolute Gasteiger partial charge is 0.480 e. The Morgan fingerprint density at radius 2 is 2.33 bits per heavy atom. The van der Waals surface area contributed by atoms with E-state index in [1.165, 1.54) is 0 Å². The van der Waals surface area contributed by atoms with Crippen molar-refractivity contribution in [1.82, 2.24) is 4.98 Å². The highest BCUT2D eigenvalue weighted by Gasteiger charge is 2.05. The van der Waals surface area contributed by atoms with Crippen LogP contribution in [0.1, 0.15) is 6.92 Å². The van der Waals surface area contributed by atoms with Gasteiger partial charge in [0.1, 0.15) is 0 Å². The van der Waals surface area contributed by atoms with E-state index in [-0.39, 0.29) is 0 Å². The monoisotopic (exact) mass is 166 g/mol. The topological polar surface area (TPSA) is 25.4 Å². The molecule has 12 heavy (non-hydrogen) atoms. The molecule has 3 heteroatoms. The van der Waals surface area contributed by atoms with Crippen LogP contribution >= 0.6 is 0 Å². The number of aromatic nitrogens is 1. The first-order valence-corrected chi connectivity index (χ1v) is 3.99. The third-order valence-electron chi connectivity index (χ3n) is 1.83. The average Bonchev–Trinajstić information content (AvgIpc) is 2.16. The summed E-state index contributed by atoms with van der Waals surface area (Å²) in [4.78, 5) is 6.19. The van der Waals surface area contributed by atoms with Gasteiger partial charge in [0.15, 0.2) is 0 Å². The Kier molecular flexibility index (Phi) is 2.91. The van der Waals surface area contributed by atoms with E-state index in [0.717, 1.165) is 12.2 Å². The zero-order valence-electron chi connectivity index (χ0n) is 7.74. The van der Waals surface area contributed by atoms with Gasteiger partial charge in [0.2, 0.25) is 5.88 Å². The van der Waals surface area contributed by atoms with E-state index < -0.39 is 0 Å². The molecule has 0 amide bonds. The predicted octanol–water partition coefficient (Wildman–Crippen LogP) is 1.55. The molecule has 3 nitrogen and oxygen atoms in total. The number of rotatable bonds is 3. The molecule has 0 aromatic carbocycles. The molecule has 0 unspecified atom stereocenters. The van der Waals surface area contributed by atoms with Gasteiger partial charge < -0.3 is 9.64 Å². The molecule has 0 bridgehead atoms. The number of hydrogen-bond donors (Lipinski definition) is 0. The third-order valence-corrected chi connectivity index (χ3v) is 1.83. The molecular formula is C9H14N2O. The molecule has 0 atom stereocenters. The summed E-state index contributed by atoms with van der Waals surface area (Å²) in [6.07, 6.45) is 1.73. The summed E-state index contributed by atoms with van der Waals surface area (Å²) in [6, 6.07) is 3.90. The van der Waals surface area contributed by atoms with E-state index >= 15 is 0 Å². The maximum atomic E-state index is 5.12. The molecule has 0 aliphatic rings. The van der Waals surface area contributed by atoms with E-state index in [2.05, 4.69) is 16.8 Å². The standard InChI is InChI=1S/C9H14N2O/c1-4-11(2)8-6-5-7-10-9(8)12-3/h5-7H,4H2,1-3H3. The van der Waals surface area contributed by atoms with Gasteiger partial charge in [-0.2, -0.15) is 0 Å². The van der Waals surface area contributed by atoms with Crippen LogP contribution in [0.5, 0.6) is 5.88 Å². The molecule has 1 aromatic rings. The first kappa shape index (κ1) is 8.84. The van der Waals surface area contributed by atoms with Crippen molar-refractivity contribution < 1.29 is 4.74 Å². The lowest BCUT2D eigenvalue weighted by atomic mass is 10.3. The lowest BCUT2D eigenvalue weighted by molar-refractivity contribution is 0.398. The molecule has 66 valence electrons. The molecule has 0 aliphatic heterocycles. The molecule has 0 saturated carbocycles. The Hall–Kier alpha value is -1.25. The fraction of sp³-hybridized carbons (Fsp3) is 0.444. The van der Waals surface area contributed by atoms with Gasteiger partial charge >= 0.3 is 0 Å². The molecule has 1 heterocycles. The quantitative estimate of drug-likeness (QED) is 0.681. The second-order valence-electron chi connectivity index (χ2n) is 2.55. The van der Waals surface area contributed by atoms with Gasteiger partial charge in [0.05, 0.1) is 12.8 Å². The summed E-state index contributed by atoms with van der Waals surface area (Å²) < 4.78 is 5.12. The van der Waals surface area contributed by atoms with Crippen molar-refractivity contribution in [3.05, 3.63) is 18.3 Å². The van der Waals surface area contributed by atoms with Crippen molar-refractivity contribution in [3.63, 3.8) is 0 Å². The van der Waals surface area contributed by atoms with Gasteiger partial charge in [0, 0.05) is 19.8 Å². The number of anilines is 1. The molecule has 0 spiro atoms. The first-order valence-electron chi connectivity index (χ1n) is 3.99. The second-order valence-corrected chi connectivity index (χ2v) is 2.55. The zero-order valence-corrected chi connectivity index (χ0v) is 7.74. The predicted molar refractivity (Wildman–Crippen MR) is 49.7 cm³/mol. The van der Waals surface area contributed by atoms with Crippen LogP contribution in [0.4, 0.5) is 5.69 Å². The minimum atomic E-state index is 0.682.